The van der Waals surface area contributed by atoms with Crippen LogP contribution in [-0.4, -0.2) is 43.1 Å². The van der Waals surface area contributed by atoms with Gasteiger partial charge in [0.1, 0.15) is 0 Å². The molecule has 1 unspecified atom stereocenters. The molecule has 2 aliphatic rings. The van der Waals surface area contributed by atoms with Crippen LogP contribution in [0.1, 0.15) is 31.7 Å². The second-order valence-corrected chi connectivity index (χ2v) is 8.19. The van der Waals surface area contributed by atoms with Crippen LogP contribution in [0.15, 0.2) is 23.1 Å². The number of sulfonamides is 1. The first-order valence-corrected chi connectivity index (χ1v) is 8.92. The van der Waals surface area contributed by atoms with Gasteiger partial charge in [0.15, 0.2) is 0 Å². The van der Waals surface area contributed by atoms with Crippen LogP contribution >= 0.6 is 0 Å². The highest BCUT2D eigenvalue weighted by Gasteiger charge is 2.31. The zero-order valence-corrected chi connectivity index (χ0v) is 13.1. The van der Waals surface area contributed by atoms with Crippen molar-refractivity contribution in [2.75, 3.05) is 25.0 Å². The Labute approximate surface area is 126 Å². The van der Waals surface area contributed by atoms with Crippen molar-refractivity contribution in [2.24, 2.45) is 0 Å². The number of hydrogen-bond acceptors (Lipinski definition) is 4. The minimum Gasteiger partial charge on any atom is -0.390 e. The molecule has 6 heteroatoms. The molecule has 2 N–H and O–H groups in total. The van der Waals surface area contributed by atoms with Gasteiger partial charge in [-0.25, -0.2) is 8.42 Å². The average molecular weight is 310 g/mol. The van der Waals surface area contributed by atoms with Crippen molar-refractivity contribution < 1.29 is 13.5 Å². The van der Waals surface area contributed by atoms with Crippen LogP contribution in [0.5, 0.6) is 0 Å². The van der Waals surface area contributed by atoms with Crippen LogP contribution in [-0.2, 0) is 16.4 Å². The van der Waals surface area contributed by atoms with E-state index in [1.807, 2.05) is 6.07 Å². The quantitative estimate of drug-likeness (QED) is 0.870. The van der Waals surface area contributed by atoms with E-state index < -0.39 is 15.6 Å². The van der Waals surface area contributed by atoms with E-state index in [1.54, 1.807) is 19.1 Å². The van der Waals surface area contributed by atoms with E-state index in [-0.39, 0.29) is 0 Å². The Kier molecular flexibility index (Phi) is 3.71. The van der Waals surface area contributed by atoms with Gasteiger partial charge in [0.2, 0.25) is 10.0 Å². The molecule has 0 aliphatic carbocycles. The first-order valence-electron chi connectivity index (χ1n) is 7.48. The number of rotatable bonds is 2. The van der Waals surface area contributed by atoms with E-state index >= 15 is 0 Å². The summed E-state index contributed by atoms with van der Waals surface area (Å²) in [4.78, 5) is 0.367. The lowest BCUT2D eigenvalue weighted by molar-refractivity contribution is 0.0465. The smallest absolute Gasteiger partial charge is 0.243 e. The summed E-state index contributed by atoms with van der Waals surface area (Å²) in [7, 11) is -3.46. The standard InChI is InChI=1S/C15H22N2O3S/c1-15(18)6-2-9-17(10-7-15)21(19,20)13-3-4-14-12(11-13)5-8-16-14/h3-4,11,16,18H,2,5-10H2,1H3. The fourth-order valence-corrected chi connectivity index (χ4v) is 4.60. The third-order valence-electron chi connectivity index (χ3n) is 4.45. The second kappa shape index (κ2) is 5.26. The maximum Gasteiger partial charge on any atom is 0.243 e. The lowest BCUT2D eigenvalue weighted by atomic mass is 9.98. The Hall–Kier alpha value is -1.11. The Balaban J connectivity index is 1.86. The van der Waals surface area contributed by atoms with Crippen LogP contribution in [0.2, 0.25) is 0 Å². The lowest BCUT2D eigenvalue weighted by Crippen LogP contribution is -2.33. The summed E-state index contributed by atoms with van der Waals surface area (Å²) >= 11 is 0. The Morgan fingerprint density at radius 3 is 2.90 bits per heavy atom. The summed E-state index contributed by atoms with van der Waals surface area (Å²) in [5, 5.41) is 13.3. The van der Waals surface area contributed by atoms with Gasteiger partial charge in [-0.2, -0.15) is 4.31 Å². The molecule has 1 saturated heterocycles. The summed E-state index contributed by atoms with van der Waals surface area (Å²) in [5.74, 6) is 0. The van der Waals surface area contributed by atoms with E-state index in [9.17, 15) is 13.5 Å². The molecule has 0 bridgehead atoms. The largest absolute Gasteiger partial charge is 0.390 e. The van der Waals surface area contributed by atoms with Gasteiger partial charge in [-0.15, -0.1) is 0 Å². The predicted octanol–water partition coefficient (Wildman–Crippen LogP) is 1.58. The molecule has 116 valence electrons. The predicted molar refractivity (Wildman–Crippen MR) is 81.9 cm³/mol. The van der Waals surface area contributed by atoms with E-state index in [4.69, 9.17) is 0 Å². The topological polar surface area (TPSA) is 69.6 Å². The first kappa shape index (κ1) is 14.8. The fourth-order valence-electron chi connectivity index (χ4n) is 3.07. The highest BCUT2D eigenvalue weighted by Crippen LogP contribution is 2.29. The number of anilines is 1. The number of aliphatic hydroxyl groups is 1. The van der Waals surface area contributed by atoms with Crippen LogP contribution in [0.4, 0.5) is 5.69 Å². The summed E-state index contributed by atoms with van der Waals surface area (Å²) in [5.41, 5.74) is 1.34. The molecule has 1 aromatic rings. The number of fused-ring (bicyclic) bond motifs is 1. The van der Waals surface area contributed by atoms with Crippen molar-refractivity contribution in [3.8, 4) is 0 Å². The Morgan fingerprint density at radius 2 is 2.10 bits per heavy atom. The third kappa shape index (κ3) is 2.93. The molecule has 3 rings (SSSR count). The molecule has 21 heavy (non-hydrogen) atoms. The number of benzene rings is 1. The van der Waals surface area contributed by atoms with E-state index in [0.29, 0.717) is 37.2 Å². The van der Waals surface area contributed by atoms with Crippen molar-refractivity contribution in [3.05, 3.63) is 23.8 Å². The third-order valence-corrected chi connectivity index (χ3v) is 6.34. The summed E-state index contributed by atoms with van der Waals surface area (Å²) in [6, 6.07) is 5.31. The van der Waals surface area contributed by atoms with Crippen molar-refractivity contribution in [1.29, 1.82) is 0 Å². The zero-order valence-electron chi connectivity index (χ0n) is 12.3. The first-order chi connectivity index (χ1) is 9.88. The van der Waals surface area contributed by atoms with Gasteiger partial charge in [-0.05, 0) is 56.4 Å². The molecule has 1 atom stereocenters. The average Bonchev–Trinajstić information content (AvgIpc) is 2.81. The van der Waals surface area contributed by atoms with Gasteiger partial charge in [-0.3, -0.25) is 0 Å². The molecule has 0 spiro atoms. The Morgan fingerprint density at radius 1 is 1.29 bits per heavy atom. The molecule has 0 radical (unpaired) electrons. The molecule has 2 heterocycles. The Bertz CT molecular complexity index is 640. The molecule has 2 aliphatic heterocycles. The molecule has 1 fully saturated rings. The lowest BCUT2D eigenvalue weighted by Gasteiger charge is -2.22. The fraction of sp³-hybridized carbons (Fsp3) is 0.600. The summed E-state index contributed by atoms with van der Waals surface area (Å²) in [6.07, 6.45) is 2.69. The van der Waals surface area contributed by atoms with E-state index in [2.05, 4.69) is 5.32 Å². The summed E-state index contributed by atoms with van der Waals surface area (Å²) in [6.45, 7) is 3.51. The molecule has 0 amide bonds. The normalized spacial score (nSPS) is 27.0. The highest BCUT2D eigenvalue weighted by atomic mass is 32.2. The van der Waals surface area contributed by atoms with Crippen molar-refractivity contribution in [1.82, 2.24) is 4.31 Å². The van der Waals surface area contributed by atoms with Crippen LogP contribution in [0.3, 0.4) is 0 Å². The van der Waals surface area contributed by atoms with Gasteiger partial charge in [-0.1, -0.05) is 0 Å². The zero-order chi connectivity index (χ0) is 15.1. The van der Waals surface area contributed by atoms with Gasteiger partial charge in [0.05, 0.1) is 10.5 Å². The van der Waals surface area contributed by atoms with Crippen LogP contribution < -0.4 is 5.32 Å². The van der Waals surface area contributed by atoms with Crippen LogP contribution in [0.25, 0.3) is 0 Å². The number of nitrogens with zero attached hydrogens (tertiary/aromatic N) is 1. The molecular weight excluding hydrogens is 288 g/mol. The van der Waals surface area contributed by atoms with Gasteiger partial charge in [0.25, 0.3) is 0 Å². The molecule has 1 aromatic carbocycles. The second-order valence-electron chi connectivity index (χ2n) is 6.25. The van der Waals surface area contributed by atoms with E-state index in [0.717, 1.165) is 24.2 Å². The minimum absolute atomic E-state index is 0.367. The maximum absolute atomic E-state index is 12.8. The monoisotopic (exact) mass is 310 g/mol. The minimum atomic E-state index is -3.46. The number of nitrogens with one attached hydrogen (secondary N) is 1. The van der Waals surface area contributed by atoms with Crippen molar-refractivity contribution >= 4 is 15.7 Å². The van der Waals surface area contributed by atoms with E-state index in [1.165, 1.54) is 4.31 Å². The molecule has 5 nitrogen and oxygen atoms in total. The number of hydrogen-bond donors (Lipinski definition) is 2. The molecule has 0 saturated carbocycles. The van der Waals surface area contributed by atoms with Crippen molar-refractivity contribution in [3.63, 3.8) is 0 Å². The summed E-state index contributed by atoms with van der Waals surface area (Å²) < 4.78 is 27.1. The van der Waals surface area contributed by atoms with Gasteiger partial charge >= 0.3 is 0 Å². The molecule has 0 aromatic heterocycles. The van der Waals surface area contributed by atoms with Crippen LogP contribution in [0, 0.1) is 0 Å². The van der Waals surface area contributed by atoms with Gasteiger partial charge < -0.3 is 10.4 Å². The molecular formula is C15H22N2O3S. The maximum atomic E-state index is 12.8. The van der Waals surface area contributed by atoms with Gasteiger partial charge in [0, 0.05) is 25.3 Å². The highest BCUT2D eigenvalue weighted by molar-refractivity contribution is 7.89. The SMILES string of the molecule is CC1(O)CCCN(S(=O)(=O)c2ccc3c(c2)CCN3)CC1. The van der Waals surface area contributed by atoms with Crippen molar-refractivity contribution in [2.45, 2.75) is 43.1 Å².